The second-order valence-electron chi connectivity index (χ2n) is 7.66. The Balaban J connectivity index is 1.36. The molecule has 2 aromatic rings. The Labute approximate surface area is 174 Å². The summed E-state index contributed by atoms with van der Waals surface area (Å²) in [6.07, 6.45) is 3.24. The Morgan fingerprint density at radius 3 is 2.50 bits per heavy atom. The Bertz CT molecular complexity index is 936. The lowest BCUT2D eigenvalue weighted by Crippen LogP contribution is -2.40. The number of fused-ring (bicyclic) bond motifs is 1. The molecule has 28 heavy (non-hydrogen) atoms. The van der Waals surface area contributed by atoms with Crippen molar-refractivity contribution in [2.45, 2.75) is 45.2 Å². The van der Waals surface area contributed by atoms with E-state index < -0.39 is 0 Å². The first-order valence-electron chi connectivity index (χ1n) is 9.59. The van der Waals surface area contributed by atoms with Gasteiger partial charge in [-0.05, 0) is 68.0 Å². The lowest BCUT2D eigenvalue weighted by Gasteiger charge is -2.34. The first kappa shape index (κ1) is 19.3. The van der Waals surface area contributed by atoms with E-state index in [1.807, 2.05) is 17.0 Å². The molecule has 1 aliphatic carbocycles. The maximum absolute atomic E-state index is 12.8. The molecule has 6 heteroatoms. The molecule has 2 amide bonds. The average molecular weight is 417 g/mol. The number of rotatable bonds is 3. The molecule has 0 bridgehead atoms. The number of carbonyl (C=O) groups excluding carboxylic acids is 2. The minimum Gasteiger partial charge on any atom is -0.331 e. The fourth-order valence-corrected chi connectivity index (χ4v) is 4.57. The highest BCUT2D eigenvalue weighted by Crippen LogP contribution is 2.35. The van der Waals surface area contributed by atoms with Crippen LogP contribution in [0.2, 0.25) is 10.0 Å². The van der Waals surface area contributed by atoms with Crippen LogP contribution in [-0.2, 0) is 11.3 Å². The maximum Gasteiger partial charge on any atom is 0.254 e. The zero-order valence-electron chi connectivity index (χ0n) is 15.7. The molecule has 1 heterocycles. The second-order valence-corrected chi connectivity index (χ2v) is 8.47. The Kier molecular flexibility index (Phi) is 5.35. The average Bonchev–Trinajstić information content (AvgIpc) is 3.03. The van der Waals surface area contributed by atoms with E-state index in [1.165, 1.54) is 5.56 Å². The van der Waals surface area contributed by atoms with Gasteiger partial charge in [-0.25, -0.2) is 0 Å². The van der Waals surface area contributed by atoms with E-state index in [0.29, 0.717) is 22.3 Å². The van der Waals surface area contributed by atoms with Crippen LogP contribution in [0.15, 0.2) is 36.4 Å². The minimum absolute atomic E-state index is 0.00344. The Morgan fingerprint density at radius 1 is 1.07 bits per heavy atom. The fraction of sp³-hybridized carbons (Fsp3) is 0.364. The van der Waals surface area contributed by atoms with Gasteiger partial charge in [0, 0.05) is 29.8 Å². The first-order chi connectivity index (χ1) is 13.4. The number of amides is 2. The van der Waals surface area contributed by atoms with Gasteiger partial charge in [0.05, 0.1) is 10.0 Å². The number of nitrogens with zero attached hydrogens (tertiary/aromatic N) is 1. The molecule has 1 N–H and O–H groups in total. The van der Waals surface area contributed by atoms with Gasteiger partial charge in [0.25, 0.3) is 5.91 Å². The SMILES string of the molecule is Cc1cccc2c1CN(C1CCC(C(=O)Nc3ccc(Cl)c(Cl)c3)CC1)C2=O. The minimum atomic E-state index is -0.0486. The van der Waals surface area contributed by atoms with E-state index in [4.69, 9.17) is 23.2 Å². The molecule has 0 atom stereocenters. The molecule has 4 rings (SSSR count). The third-order valence-electron chi connectivity index (χ3n) is 5.93. The van der Waals surface area contributed by atoms with E-state index in [2.05, 4.69) is 18.3 Å². The smallest absolute Gasteiger partial charge is 0.254 e. The van der Waals surface area contributed by atoms with Crippen LogP contribution in [0.3, 0.4) is 0 Å². The standard InChI is InChI=1S/C22H22Cl2N2O2/c1-13-3-2-4-17-18(13)12-26(22(17)28)16-8-5-14(6-9-16)21(27)25-15-7-10-19(23)20(24)11-15/h2-4,7,10-11,14,16H,5-6,8-9,12H2,1H3,(H,25,27). The van der Waals surface area contributed by atoms with Gasteiger partial charge < -0.3 is 10.2 Å². The summed E-state index contributed by atoms with van der Waals surface area (Å²) in [7, 11) is 0. The monoisotopic (exact) mass is 416 g/mol. The summed E-state index contributed by atoms with van der Waals surface area (Å²) in [6.45, 7) is 2.74. The summed E-state index contributed by atoms with van der Waals surface area (Å²) in [6, 6.07) is 11.2. The summed E-state index contributed by atoms with van der Waals surface area (Å²) in [5, 5.41) is 3.82. The molecule has 1 saturated carbocycles. The van der Waals surface area contributed by atoms with Crippen molar-refractivity contribution in [3.8, 4) is 0 Å². The quantitative estimate of drug-likeness (QED) is 0.722. The van der Waals surface area contributed by atoms with Crippen molar-refractivity contribution in [3.63, 3.8) is 0 Å². The van der Waals surface area contributed by atoms with Gasteiger partial charge in [0.1, 0.15) is 0 Å². The summed E-state index contributed by atoms with van der Waals surface area (Å²) >= 11 is 11.9. The highest BCUT2D eigenvalue weighted by atomic mass is 35.5. The van der Waals surface area contributed by atoms with Crippen molar-refractivity contribution in [2.24, 2.45) is 5.92 Å². The van der Waals surface area contributed by atoms with Crippen molar-refractivity contribution in [3.05, 3.63) is 63.1 Å². The molecule has 0 unspecified atom stereocenters. The van der Waals surface area contributed by atoms with Gasteiger partial charge in [0.15, 0.2) is 0 Å². The van der Waals surface area contributed by atoms with Gasteiger partial charge in [0.2, 0.25) is 5.91 Å². The number of benzene rings is 2. The van der Waals surface area contributed by atoms with E-state index in [-0.39, 0.29) is 23.8 Å². The van der Waals surface area contributed by atoms with Gasteiger partial charge in [-0.1, -0.05) is 35.3 Å². The van der Waals surface area contributed by atoms with Crippen LogP contribution < -0.4 is 5.32 Å². The highest BCUT2D eigenvalue weighted by Gasteiger charge is 2.36. The van der Waals surface area contributed by atoms with Crippen LogP contribution >= 0.6 is 23.2 Å². The summed E-state index contributed by atoms with van der Waals surface area (Å²) in [5.41, 5.74) is 3.80. The van der Waals surface area contributed by atoms with E-state index in [9.17, 15) is 9.59 Å². The van der Waals surface area contributed by atoms with Crippen LogP contribution in [0.1, 0.15) is 47.2 Å². The number of hydrogen-bond acceptors (Lipinski definition) is 2. The normalized spacial score (nSPS) is 21.5. The zero-order chi connectivity index (χ0) is 19.8. The summed E-state index contributed by atoms with van der Waals surface area (Å²) < 4.78 is 0. The third-order valence-corrected chi connectivity index (χ3v) is 6.66. The van der Waals surface area contributed by atoms with Crippen LogP contribution in [0.4, 0.5) is 5.69 Å². The van der Waals surface area contributed by atoms with Crippen molar-refractivity contribution in [1.29, 1.82) is 0 Å². The Hall–Kier alpha value is -2.04. The largest absolute Gasteiger partial charge is 0.331 e. The first-order valence-corrected chi connectivity index (χ1v) is 10.3. The maximum atomic E-state index is 12.8. The molecule has 0 radical (unpaired) electrons. The summed E-state index contributed by atoms with van der Waals surface area (Å²) in [5.74, 6) is 0.0821. The predicted octanol–water partition coefficient (Wildman–Crippen LogP) is 5.46. The second kappa shape index (κ2) is 7.76. The van der Waals surface area contributed by atoms with E-state index in [0.717, 1.165) is 36.8 Å². The number of carbonyl (C=O) groups is 2. The lowest BCUT2D eigenvalue weighted by molar-refractivity contribution is -0.121. The van der Waals surface area contributed by atoms with Crippen LogP contribution in [0.25, 0.3) is 0 Å². The summed E-state index contributed by atoms with van der Waals surface area (Å²) in [4.78, 5) is 27.4. The molecule has 2 aliphatic rings. The van der Waals surface area contributed by atoms with Crippen LogP contribution in [-0.4, -0.2) is 22.8 Å². The lowest BCUT2D eigenvalue weighted by atomic mass is 9.84. The van der Waals surface area contributed by atoms with Crippen molar-refractivity contribution < 1.29 is 9.59 Å². The molecular formula is C22H22Cl2N2O2. The van der Waals surface area contributed by atoms with Crippen LogP contribution in [0, 0.1) is 12.8 Å². The molecule has 2 aromatic carbocycles. The van der Waals surface area contributed by atoms with Crippen LogP contribution in [0.5, 0.6) is 0 Å². The highest BCUT2D eigenvalue weighted by molar-refractivity contribution is 6.42. The molecule has 1 fully saturated rings. The number of anilines is 1. The van der Waals surface area contributed by atoms with E-state index >= 15 is 0 Å². The number of hydrogen-bond donors (Lipinski definition) is 1. The Morgan fingerprint density at radius 2 is 1.82 bits per heavy atom. The van der Waals surface area contributed by atoms with Crippen molar-refractivity contribution in [1.82, 2.24) is 4.90 Å². The predicted molar refractivity (Wildman–Crippen MR) is 112 cm³/mol. The molecule has 4 nitrogen and oxygen atoms in total. The van der Waals surface area contributed by atoms with Crippen molar-refractivity contribution in [2.75, 3.05) is 5.32 Å². The van der Waals surface area contributed by atoms with Gasteiger partial charge in [-0.15, -0.1) is 0 Å². The number of aryl methyl sites for hydroxylation is 1. The van der Waals surface area contributed by atoms with Gasteiger partial charge >= 0.3 is 0 Å². The molecule has 1 aliphatic heterocycles. The third kappa shape index (κ3) is 3.63. The molecule has 146 valence electrons. The zero-order valence-corrected chi connectivity index (χ0v) is 17.2. The molecule has 0 saturated heterocycles. The number of halogens is 2. The van der Waals surface area contributed by atoms with Gasteiger partial charge in [-0.3, -0.25) is 9.59 Å². The van der Waals surface area contributed by atoms with Gasteiger partial charge in [-0.2, -0.15) is 0 Å². The topological polar surface area (TPSA) is 49.4 Å². The van der Waals surface area contributed by atoms with E-state index in [1.54, 1.807) is 18.2 Å². The fourth-order valence-electron chi connectivity index (χ4n) is 4.27. The molecule has 0 aromatic heterocycles. The molecular weight excluding hydrogens is 395 g/mol. The van der Waals surface area contributed by atoms with Crippen molar-refractivity contribution >= 4 is 40.7 Å². The molecule has 0 spiro atoms. The number of nitrogens with one attached hydrogen (secondary N) is 1.